The maximum atomic E-state index is 8.66. The molecule has 0 aromatic heterocycles. The van der Waals surface area contributed by atoms with Crippen LogP contribution in [0.3, 0.4) is 0 Å². The SMILES string of the molecule is OCC1CC=CCC1.OCC1CC=CCC1.OCC1CC=CCC1.[SiH3]c1ccccc1. The fraction of sp³-hybridized carbons (Fsp3) is 0.556. The van der Waals surface area contributed by atoms with E-state index >= 15 is 0 Å². The van der Waals surface area contributed by atoms with Crippen molar-refractivity contribution in [2.45, 2.75) is 57.8 Å². The Kier molecular flexibility index (Phi) is 17.1. The summed E-state index contributed by atoms with van der Waals surface area (Å²) in [6.07, 6.45) is 23.3. The average molecular weight is 445 g/mol. The Morgan fingerprint density at radius 3 is 1.10 bits per heavy atom. The van der Waals surface area contributed by atoms with Crippen LogP contribution in [0.5, 0.6) is 0 Å². The van der Waals surface area contributed by atoms with Gasteiger partial charge in [-0.3, -0.25) is 0 Å². The van der Waals surface area contributed by atoms with E-state index in [9.17, 15) is 0 Å². The average Bonchev–Trinajstić information content (AvgIpc) is 2.87. The summed E-state index contributed by atoms with van der Waals surface area (Å²) >= 11 is 0. The van der Waals surface area contributed by atoms with E-state index in [0.29, 0.717) is 37.6 Å². The van der Waals surface area contributed by atoms with Crippen LogP contribution < -0.4 is 5.19 Å². The molecular formula is C27H44O3Si. The molecule has 0 aliphatic heterocycles. The van der Waals surface area contributed by atoms with Crippen molar-refractivity contribution in [3.8, 4) is 0 Å². The van der Waals surface area contributed by atoms with Crippen molar-refractivity contribution in [3.63, 3.8) is 0 Å². The van der Waals surface area contributed by atoms with Crippen LogP contribution in [-0.4, -0.2) is 45.4 Å². The molecule has 31 heavy (non-hydrogen) atoms. The first-order valence-electron chi connectivity index (χ1n) is 12.0. The zero-order chi connectivity index (χ0) is 22.6. The second-order valence-electron chi connectivity index (χ2n) is 8.65. The molecule has 0 amide bonds. The van der Waals surface area contributed by atoms with Crippen LogP contribution in [0, 0.1) is 17.8 Å². The van der Waals surface area contributed by atoms with E-state index in [2.05, 4.69) is 60.7 Å². The fourth-order valence-electron chi connectivity index (χ4n) is 3.60. The summed E-state index contributed by atoms with van der Waals surface area (Å²) in [4.78, 5) is 0. The van der Waals surface area contributed by atoms with Crippen molar-refractivity contribution in [1.29, 1.82) is 0 Å². The summed E-state index contributed by atoms with van der Waals surface area (Å²) in [7, 11) is 1.17. The topological polar surface area (TPSA) is 60.7 Å². The maximum absolute atomic E-state index is 8.66. The van der Waals surface area contributed by atoms with Gasteiger partial charge in [-0.2, -0.15) is 0 Å². The van der Waals surface area contributed by atoms with Crippen molar-refractivity contribution in [2.75, 3.05) is 19.8 Å². The normalized spacial score (nSPS) is 24.0. The third-order valence-electron chi connectivity index (χ3n) is 5.85. The Hall–Kier alpha value is -1.46. The van der Waals surface area contributed by atoms with Crippen LogP contribution in [0.15, 0.2) is 66.8 Å². The van der Waals surface area contributed by atoms with Crippen LogP contribution in [0.1, 0.15) is 57.8 Å². The predicted molar refractivity (Wildman–Crippen MR) is 137 cm³/mol. The highest BCUT2D eigenvalue weighted by molar-refractivity contribution is 6.32. The fourth-order valence-corrected chi connectivity index (χ4v) is 3.99. The molecule has 1 aromatic carbocycles. The molecule has 0 saturated carbocycles. The van der Waals surface area contributed by atoms with Crippen LogP contribution in [0.2, 0.25) is 0 Å². The summed E-state index contributed by atoms with van der Waals surface area (Å²) in [5.74, 6) is 1.67. The van der Waals surface area contributed by atoms with Crippen molar-refractivity contribution in [1.82, 2.24) is 0 Å². The van der Waals surface area contributed by atoms with Gasteiger partial charge in [0, 0.05) is 30.1 Å². The summed E-state index contributed by atoms with van der Waals surface area (Å²) < 4.78 is 0. The first-order valence-corrected chi connectivity index (χ1v) is 13.0. The predicted octanol–water partition coefficient (Wildman–Crippen LogP) is 3.68. The monoisotopic (exact) mass is 444 g/mol. The van der Waals surface area contributed by atoms with Crippen molar-refractivity contribution in [2.24, 2.45) is 17.8 Å². The Morgan fingerprint density at radius 2 is 0.935 bits per heavy atom. The molecule has 3 unspecified atom stereocenters. The first kappa shape index (κ1) is 27.6. The van der Waals surface area contributed by atoms with Crippen molar-refractivity contribution >= 4 is 15.4 Å². The second kappa shape index (κ2) is 19.2. The van der Waals surface area contributed by atoms with Gasteiger partial charge in [-0.1, -0.05) is 72.0 Å². The molecule has 0 saturated heterocycles. The number of aliphatic hydroxyl groups excluding tert-OH is 3. The van der Waals surface area contributed by atoms with Crippen LogP contribution in [-0.2, 0) is 0 Å². The zero-order valence-corrected chi connectivity index (χ0v) is 21.4. The number of benzene rings is 1. The molecule has 174 valence electrons. The van der Waals surface area contributed by atoms with Crippen molar-refractivity contribution in [3.05, 3.63) is 66.8 Å². The molecular weight excluding hydrogens is 400 g/mol. The summed E-state index contributed by atoms with van der Waals surface area (Å²) in [5.41, 5.74) is 0. The van der Waals surface area contributed by atoms with E-state index in [0.717, 1.165) is 38.5 Å². The van der Waals surface area contributed by atoms with Gasteiger partial charge in [0.15, 0.2) is 0 Å². The minimum atomic E-state index is 0.365. The zero-order valence-electron chi connectivity index (χ0n) is 19.4. The third kappa shape index (κ3) is 15.1. The van der Waals surface area contributed by atoms with E-state index in [1.165, 1.54) is 34.7 Å². The maximum Gasteiger partial charge on any atom is 0.0462 e. The number of aliphatic hydroxyl groups is 3. The van der Waals surface area contributed by atoms with Gasteiger partial charge in [0.05, 0.1) is 0 Å². The van der Waals surface area contributed by atoms with Gasteiger partial charge in [0.1, 0.15) is 0 Å². The second-order valence-corrected chi connectivity index (χ2v) is 9.81. The van der Waals surface area contributed by atoms with E-state index in [1.807, 2.05) is 6.07 Å². The molecule has 3 aliphatic rings. The smallest absolute Gasteiger partial charge is 0.0462 e. The lowest BCUT2D eigenvalue weighted by Gasteiger charge is -2.13. The van der Waals surface area contributed by atoms with E-state index < -0.39 is 0 Å². The van der Waals surface area contributed by atoms with Gasteiger partial charge in [-0.15, -0.1) is 0 Å². The lowest BCUT2D eigenvalue weighted by atomic mass is 9.96. The summed E-state index contributed by atoms with van der Waals surface area (Å²) in [6, 6.07) is 10.5. The van der Waals surface area contributed by atoms with Crippen LogP contribution in [0.4, 0.5) is 0 Å². The Labute approximate surface area is 193 Å². The Balaban J connectivity index is 0.000000207. The first-order chi connectivity index (χ1) is 15.2. The highest BCUT2D eigenvalue weighted by Gasteiger charge is 2.07. The van der Waals surface area contributed by atoms with Gasteiger partial charge in [0.2, 0.25) is 0 Å². The number of hydrogen-bond donors (Lipinski definition) is 3. The van der Waals surface area contributed by atoms with Crippen molar-refractivity contribution < 1.29 is 15.3 Å². The Bertz CT molecular complexity index is 555. The number of hydrogen-bond acceptors (Lipinski definition) is 3. The lowest BCUT2D eigenvalue weighted by Crippen LogP contribution is -2.06. The minimum Gasteiger partial charge on any atom is -0.396 e. The van der Waals surface area contributed by atoms with Crippen LogP contribution in [0.25, 0.3) is 0 Å². The van der Waals surface area contributed by atoms with E-state index in [4.69, 9.17) is 15.3 Å². The molecule has 3 nitrogen and oxygen atoms in total. The molecule has 0 radical (unpaired) electrons. The lowest BCUT2D eigenvalue weighted by molar-refractivity contribution is 0.217. The third-order valence-corrected chi connectivity index (χ3v) is 6.51. The molecule has 4 heteroatoms. The van der Waals surface area contributed by atoms with Gasteiger partial charge in [0.25, 0.3) is 0 Å². The highest BCUT2D eigenvalue weighted by atomic mass is 28.1. The molecule has 0 fully saturated rings. The summed E-state index contributed by atoms with van der Waals surface area (Å²) in [6.45, 7) is 1.10. The molecule has 3 aliphatic carbocycles. The number of rotatable bonds is 3. The molecule has 3 N–H and O–H groups in total. The molecule has 0 bridgehead atoms. The molecule has 4 rings (SSSR count). The molecule has 0 spiro atoms. The van der Waals surface area contributed by atoms with Crippen LogP contribution >= 0.6 is 0 Å². The largest absolute Gasteiger partial charge is 0.396 e. The standard InChI is InChI=1S/3C7H12O.C6H8Si/c3*8-6-7-4-2-1-3-5-7;7-6-4-2-1-3-5-6/h3*1-2,7-8H,3-6H2;1-5H,7H3. The Morgan fingerprint density at radius 1 is 0.581 bits per heavy atom. The highest BCUT2D eigenvalue weighted by Crippen LogP contribution is 2.17. The quantitative estimate of drug-likeness (QED) is 0.492. The van der Waals surface area contributed by atoms with E-state index in [-0.39, 0.29) is 0 Å². The van der Waals surface area contributed by atoms with Gasteiger partial charge in [-0.25, -0.2) is 0 Å². The molecule has 0 heterocycles. The number of allylic oxidation sites excluding steroid dienone is 6. The van der Waals surface area contributed by atoms with E-state index in [1.54, 1.807) is 0 Å². The molecule has 3 atom stereocenters. The van der Waals surface area contributed by atoms with Gasteiger partial charge >= 0.3 is 0 Å². The summed E-state index contributed by atoms with van der Waals surface area (Å²) in [5, 5.41) is 27.4. The van der Waals surface area contributed by atoms with Gasteiger partial charge < -0.3 is 15.3 Å². The minimum absolute atomic E-state index is 0.365. The van der Waals surface area contributed by atoms with Gasteiger partial charge in [-0.05, 0) is 75.5 Å². The molecule has 1 aromatic rings.